The molecule has 0 fully saturated rings. The van der Waals surface area contributed by atoms with Crippen molar-refractivity contribution in [3.63, 3.8) is 0 Å². The van der Waals surface area contributed by atoms with Crippen LogP contribution in [0.3, 0.4) is 0 Å². The van der Waals surface area contributed by atoms with Crippen LogP contribution in [0, 0.1) is 20.8 Å². The van der Waals surface area contributed by atoms with Gasteiger partial charge < -0.3 is 10.1 Å². The van der Waals surface area contributed by atoms with Crippen molar-refractivity contribution in [1.29, 1.82) is 0 Å². The topological polar surface area (TPSA) is 99.0 Å². The van der Waals surface area contributed by atoms with E-state index in [0.717, 1.165) is 21.6 Å². The molecule has 1 amide bonds. The maximum Gasteiger partial charge on any atom is 0.341 e. The third kappa shape index (κ3) is 4.25. The van der Waals surface area contributed by atoms with E-state index in [1.54, 1.807) is 6.92 Å². The Morgan fingerprint density at radius 3 is 2.57 bits per heavy atom. The fraction of sp³-hybridized carbons (Fsp3) is 0.316. The van der Waals surface area contributed by atoms with E-state index in [-0.39, 0.29) is 19.1 Å². The SMILES string of the molecule is CCOC(=O)c1c(NC(=O)Cn2nnc(-c3ccc(C)cc3)n2)sc(C)c1C. The molecule has 3 aromatic rings. The normalized spacial score (nSPS) is 10.7. The average molecular weight is 399 g/mol. The van der Waals surface area contributed by atoms with Crippen LogP contribution in [-0.2, 0) is 16.1 Å². The average Bonchev–Trinajstić information content (AvgIpc) is 3.20. The van der Waals surface area contributed by atoms with Gasteiger partial charge in [0.2, 0.25) is 11.7 Å². The number of ether oxygens (including phenoxy) is 1. The van der Waals surface area contributed by atoms with Gasteiger partial charge in [-0.05, 0) is 38.5 Å². The Balaban J connectivity index is 1.72. The van der Waals surface area contributed by atoms with Gasteiger partial charge in [-0.3, -0.25) is 4.79 Å². The van der Waals surface area contributed by atoms with Gasteiger partial charge in [0, 0.05) is 10.4 Å². The van der Waals surface area contributed by atoms with Crippen LogP contribution in [0.4, 0.5) is 5.00 Å². The molecule has 0 saturated heterocycles. The molecule has 0 unspecified atom stereocenters. The van der Waals surface area contributed by atoms with E-state index in [9.17, 15) is 9.59 Å². The second kappa shape index (κ2) is 8.30. The lowest BCUT2D eigenvalue weighted by Crippen LogP contribution is -2.21. The van der Waals surface area contributed by atoms with Gasteiger partial charge in [-0.25, -0.2) is 4.79 Å². The monoisotopic (exact) mass is 399 g/mol. The first-order chi connectivity index (χ1) is 13.4. The molecule has 0 aliphatic heterocycles. The minimum Gasteiger partial charge on any atom is -0.462 e. The number of carbonyl (C=O) groups is 2. The van der Waals surface area contributed by atoms with Crippen molar-refractivity contribution in [2.75, 3.05) is 11.9 Å². The van der Waals surface area contributed by atoms with Crippen LogP contribution in [0.25, 0.3) is 11.4 Å². The lowest BCUT2D eigenvalue weighted by Gasteiger charge is -2.06. The molecular weight excluding hydrogens is 378 g/mol. The first-order valence-electron chi connectivity index (χ1n) is 8.80. The summed E-state index contributed by atoms with van der Waals surface area (Å²) < 4.78 is 5.10. The van der Waals surface area contributed by atoms with Gasteiger partial charge >= 0.3 is 5.97 Å². The van der Waals surface area contributed by atoms with Crippen molar-refractivity contribution < 1.29 is 14.3 Å². The summed E-state index contributed by atoms with van der Waals surface area (Å²) in [5, 5.41) is 15.4. The number of hydrogen-bond acceptors (Lipinski definition) is 7. The first-order valence-corrected chi connectivity index (χ1v) is 9.62. The largest absolute Gasteiger partial charge is 0.462 e. The molecular formula is C19H21N5O3S. The number of amides is 1. The molecule has 1 aromatic carbocycles. The maximum absolute atomic E-state index is 12.4. The van der Waals surface area contributed by atoms with E-state index >= 15 is 0 Å². The van der Waals surface area contributed by atoms with E-state index < -0.39 is 5.97 Å². The van der Waals surface area contributed by atoms with Crippen molar-refractivity contribution >= 4 is 28.2 Å². The molecule has 1 N–H and O–H groups in total. The number of nitrogens with zero attached hydrogens (tertiary/aromatic N) is 4. The fourth-order valence-electron chi connectivity index (χ4n) is 2.59. The Hall–Kier alpha value is -3.07. The van der Waals surface area contributed by atoms with E-state index in [1.807, 2.05) is 45.0 Å². The lowest BCUT2D eigenvalue weighted by atomic mass is 10.1. The predicted octanol–water partition coefficient (Wildman–Crippen LogP) is 3.14. The summed E-state index contributed by atoms with van der Waals surface area (Å²) in [6.07, 6.45) is 0. The fourth-order valence-corrected chi connectivity index (χ4v) is 3.65. The molecule has 0 spiro atoms. The minimum absolute atomic E-state index is 0.114. The smallest absolute Gasteiger partial charge is 0.341 e. The molecule has 0 radical (unpaired) electrons. The van der Waals surface area contributed by atoms with Gasteiger partial charge in [-0.1, -0.05) is 29.8 Å². The van der Waals surface area contributed by atoms with Crippen LogP contribution in [0.2, 0.25) is 0 Å². The van der Waals surface area contributed by atoms with Crippen LogP contribution in [-0.4, -0.2) is 38.7 Å². The number of benzene rings is 1. The lowest BCUT2D eigenvalue weighted by molar-refractivity contribution is -0.117. The number of aromatic nitrogens is 4. The van der Waals surface area contributed by atoms with Crippen LogP contribution < -0.4 is 5.32 Å². The summed E-state index contributed by atoms with van der Waals surface area (Å²) in [6, 6.07) is 7.72. The molecule has 0 aliphatic carbocycles. The quantitative estimate of drug-likeness (QED) is 0.639. The van der Waals surface area contributed by atoms with Gasteiger partial charge in [0.25, 0.3) is 0 Å². The Labute approximate surface area is 166 Å². The molecule has 2 aromatic heterocycles. The van der Waals surface area contributed by atoms with Crippen molar-refractivity contribution in [2.24, 2.45) is 0 Å². The van der Waals surface area contributed by atoms with Crippen LogP contribution in [0.5, 0.6) is 0 Å². The summed E-state index contributed by atoms with van der Waals surface area (Å²) >= 11 is 1.34. The summed E-state index contributed by atoms with van der Waals surface area (Å²) in [6.45, 7) is 7.62. The highest BCUT2D eigenvalue weighted by Crippen LogP contribution is 2.33. The second-order valence-corrected chi connectivity index (χ2v) is 7.49. The number of nitrogens with one attached hydrogen (secondary N) is 1. The van der Waals surface area contributed by atoms with Crippen molar-refractivity contribution in [3.8, 4) is 11.4 Å². The molecule has 28 heavy (non-hydrogen) atoms. The molecule has 9 heteroatoms. The summed E-state index contributed by atoms with van der Waals surface area (Å²) in [5.41, 5.74) is 3.16. The molecule has 3 rings (SSSR count). The maximum atomic E-state index is 12.4. The van der Waals surface area contributed by atoms with Gasteiger partial charge in [0.05, 0.1) is 12.2 Å². The highest BCUT2D eigenvalue weighted by Gasteiger charge is 2.22. The molecule has 0 saturated carbocycles. The van der Waals surface area contributed by atoms with E-state index in [4.69, 9.17) is 4.74 Å². The zero-order chi connectivity index (χ0) is 20.3. The second-order valence-electron chi connectivity index (χ2n) is 6.27. The van der Waals surface area contributed by atoms with Crippen molar-refractivity contribution in [1.82, 2.24) is 20.2 Å². The summed E-state index contributed by atoms with van der Waals surface area (Å²) in [5.74, 6) is -0.345. The van der Waals surface area contributed by atoms with Crippen LogP contribution in [0.1, 0.15) is 33.3 Å². The standard InChI is InChI=1S/C19H21N5O3S/c1-5-27-19(26)16-12(3)13(4)28-18(16)20-15(25)10-24-22-17(21-23-24)14-8-6-11(2)7-9-14/h6-9H,5,10H2,1-4H3,(H,20,25). The zero-order valence-corrected chi connectivity index (χ0v) is 17.0. The molecule has 2 heterocycles. The molecule has 8 nitrogen and oxygen atoms in total. The molecule has 146 valence electrons. The minimum atomic E-state index is -0.444. The Morgan fingerprint density at radius 2 is 1.89 bits per heavy atom. The Kier molecular flexibility index (Phi) is 5.84. The van der Waals surface area contributed by atoms with E-state index in [2.05, 4.69) is 20.7 Å². The number of thiophene rings is 1. The van der Waals surface area contributed by atoms with Gasteiger partial charge in [-0.15, -0.1) is 21.5 Å². The Morgan fingerprint density at radius 1 is 1.18 bits per heavy atom. The highest BCUT2D eigenvalue weighted by atomic mass is 32.1. The molecule has 0 aliphatic rings. The van der Waals surface area contributed by atoms with Crippen LogP contribution in [0.15, 0.2) is 24.3 Å². The number of anilines is 1. The number of carbonyl (C=O) groups excluding carboxylic acids is 2. The van der Waals surface area contributed by atoms with Gasteiger partial charge in [-0.2, -0.15) is 4.80 Å². The van der Waals surface area contributed by atoms with Gasteiger partial charge in [0.15, 0.2) is 0 Å². The number of tetrazole rings is 1. The third-order valence-electron chi connectivity index (χ3n) is 4.17. The number of hydrogen-bond donors (Lipinski definition) is 1. The predicted molar refractivity (Wildman–Crippen MR) is 106 cm³/mol. The number of esters is 1. The Bertz CT molecular complexity index is 1010. The van der Waals surface area contributed by atoms with Crippen molar-refractivity contribution in [3.05, 3.63) is 45.8 Å². The highest BCUT2D eigenvalue weighted by molar-refractivity contribution is 7.16. The third-order valence-corrected chi connectivity index (χ3v) is 5.29. The number of rotatable bonds is 6. The molecule has 0 atom stereocenters. The van der Waals surface area contributed by atoms with E-state index in [1.165, 1.54) is 16.1 Å². The summed E-state index contributed by atoms with van der Waals surface area (Å²) in [4.78, 5) is 26.8. The van der Waals surface area contributed by atoms with Crippen LogP contribution >= 0.6 is 11.3 Å². The zero-order valence-electron chi connectivity index (χ0n) is 16.1. The van der Waals surface area contributed by atoms with Gasteiger partial charge in [0.1, 0.15) is 11.5 Å². The molecule has 0 bridgehead atoms. The first kappa shape index (κ1) is 19.7. The van der Waals surface area contributed by atoms with Crippen molar-refractivity contribution in [2.45, 2.75) is 34.2 Å². The number of aryl methyl sites for hydroxylation is 2. The summed E-state index contributed by atoms with van der Waals surface area (Å²) in [7, 11) is 0. The van der Waals surface area contributed by atoms with E-state index in [0.29, 0.717) is 16.4 Å².